The summed E-state index contributed by atoms with van der Waals surface area (Å²) in [6, 6.07) is 16.8. The molecule has 172 valence electrons. The van der Waals surface area contributed by atoms with Crippen LogP contribution in [0.5, 0.6) is 0 Å². The molecule has 2 aromatic rings. The highest BCUT2D eigenvalue weighted by Gasteiger charge is 2.47. The third-order valence-electron chi connectivity index (χ3n) is 7.98. The van der Waals surface area contributed by atoms with Crippen LogP contribution < -0.4 is 15.1 Å². The van der Waals surface area contributed by atoms with Gasteiger partial charge < -0.3 is 4.90 Å². The van der Waals surface area contributed by atoms with E-state index >= 15 is 0 Å². The second-order valence-corrected chi connectivity index (χ2v) is 10.5. The average molecular weight is 452 g/mol. The van der Waals surface area contributed by atoms with Gasteiger partial charge in [0.2, 0.25) is 0 Å². The number of carbonyl (C=O) groups excluding carboxylic acids is 1. The van der Waals surface area contributed by atoms with Crippen LogP contribution in [0.15, 0.2) is 83.3 Å². The van der Waals surface area contributed by atoms with Crippen LogP contribution in [0.4, 0.5) is 11.4 Å². The van der Waals surface area contributed by atoms with Crippen LogP contribution in [-0.4, -0.2) is 19.9 Å². The average Bonchev–Trinajstić information content (AvgIpc) is 3.13. The molecule has 3 aliphatic rings. The lowest BCUT2D eigenvalue weighted by Gasteiger charge is -2.32. The molecule has 2 heterocycles. The maximum Gasteiger partial charge on any atom is 0.181 e. The number of para-hydroxylation sites is 2. The molecule has 0 aromatic heterocycles. The topological polar surface area (TPSA) is 60.6 Å². The minimum absolute atomic E-state index is 0.0532. The minimum Gasteiger partial charge on any atom is -0.347 e. The Hall–Kier alpha value is -3.62. The first-order chi connectivity index (χ1) is 16.1. The van der Waals surface area contributed by atoms with Gasteiger partial charge in [0.15, 0.2) is 12.0 Å². The fourth-order valence-electron chi connectivity index (χ4n) is 6.04. The van der Waals surface area contributed by atoms with Gasteiger partial charge in [-0.05, 0) is 37.6 Å². The van der Waals surface area contributed by atoms with Gasteiger partial charge in [0, 0.05) is 41.1 Å². The molecule has 5 rings (SSSR count). The Labute approximate surface area is 201 Å². The molecular weight excluding hydrogens is 420 g/mol. The second kappa shape index (κ2) is 7.44. The Balaban J connectivity index is 1.57. The SMILES string of the molecule is CN1C(=CC2C(=O)C(C=C3[NH+](C)c4ccccc4C3(C)C)=C2NC#N)C(C)(C)c2ccccc21. The van der Waals surface area contributed by atoms with E-state index in [2.05, 4.69) is 93.6 Å². The first kappa shape index (κ1) is 22.2. The molecule has 0 radical (unpaired) electrons. The predicted octanol–water partition coefficient (Wildman–Crippen LogP) is 3.84. The van der Waals surface area contributed by atoms with Crippen LogP contribution in [0, 0.1) is 17.4 Å². The monoisotopic (exact) mass is 451 g/mol. The van der Waals surface area contributed by atoms with E-state index in [0.717, 1.165) is 17.1 Å². The van der Waals surface area contributed by atoms with Crippen molar-refractivity contribution in [2.24, 2.45) is 5.92 Å². The number of hydrogen-bond donors (Lipinski definition) is 2. The fraction of sp³-hybridized carbons (Fsp3) is 0.310. The maximum atomic E-state index is 13.5. The molecule has 2 aliphatic heterocycles. The van der Waals surface area contributed by atoms with Crippen molar-refractivity contribution in [3.63, 3.8) is 0 Å². The number of anilines is 1. The molecule has 0 fully saturated rings. The summed E-state index contributed by atoms with van der Waals surface area (Å²) in [4.78, 5) is 16.8. The van der Waals surface area contributed by atoms with E-state index in [1.165, 1.54) is 21.7 Å². The summed E-state index contributed by atoms with van der Waals surface area (Å²) in [5.41, 5.74) is 7.97. The van der Waals surface area contributed by atoms with Gasteiger partial charge in [-0.3, -0.25) is 15.0 Å². The molecular formula is C29H31N4O+. The molecule has 2 atom stereocenters. The Morgan fingerprint density at radius 3 is 2.32 bits per heavy atom. The van der Waals surface area contributed by atoms with Gasteiger partial charge in [-0.1, -0.05) is 50.2 Å². The Morgan fingerprint density at radius 2 is 1.68 bits per heavy atom. The third kappa shape index (κ3) is 2.92. The van der Waals surface area contributed by atoms with Gasteiger partial charge >= 0.3 is 0 Å². The zero-order valence-corrected chi connectivity index (χ0v) is 20.7. The fourth-order valence-corrected chi connectivity index (χ4v) is 6.04. The Kier molecular flexibility index (Phi) is 4.86. The molecule has 0 saturated carbocycles. The number of Topliss-reactive ketones (excluding diaryl/α,β-unsaturated/α-hetero) is 1. The van der Waals surface area contributed by atoms with Crippen LogP contribution in [0.25, 0.3) is 0 Å². The van der Waals surface area contributed by atoms with E-state index in [-0.39, 0.29) is 16.6 Å². The third-order valence-corrected chi connectivity index (χ3v) is 7.98. The van der Waals surface area contributed by atoms with Crippen molar-refractivity contribution in [3.05, 3.63) is 94.5 Å². The first-order valence-corrected chi connectivity index (χ1v) is 11.8. The van der Waals surface area contributed by atoms with Gasteiger partial charge in [0.1, 0.15) is 11.4 Å². The van der Waals surface area contributed by atoms with Crippen LogP contribution in [-0.2, 0) is 15.6 Å². The molecule has 5 nitrogen and oxygen atoms in total. The number of allylic oxidation sites excluding steroid dienone is 5. The highest BCUT2D eigenvalue weighted by Crippen LogP contribution is 2.48. The van der Waals surface area contributed by atoms with Gasteiger partial charge in [0.25, 0.3) is 0 Å². The van der Waals surface area contributed by atoms with Crippen molar-refractivity contribution < 1.29 is 9.69 Å². The van der Waals surface area contributed by atoms with Crippen LogP contribution in [0.3, 0.4) is 0 Å². The maximum absolute atomic E-state index is 13.5. The smallest absolute Gasteiger partial charge is 0.181 e. The predicted molar refractivity (Wildman–Crippen MR) is 134 cm³/mol. The van der Waals surface area contributed by atoms with Crippen molar-refractivity contribution in [2.45, 2.75) is 38.5 Å². The molecule has 0 spiro atoms. The van der Waals surface area contributed by atoms with Crippen molar-refractivity contribution >= 4 is 17.2 Å². The lowest BCUT2D eigenvalue weighted by Crippen LogP contribution is -3.01. The number of nitrogens with one attached hydrogen (secondary N) is 2. The molecule has 2 aromatic carbocycles. The van der Waals surface area contributed by atoms with Crippen molar-refractivity contribution in [1.82, 2.24) is 5.32 Å². The van der Waals surface area contributed by atoms with Crippen LogP contribution >= 0.6 is 0 Å². The molecule has 0 saturated heterocycles. The highest BCUT2D eigenvalue weighted by atomic mass is 16.1. The van der Waals surface area contributed by atoms with E-state index < -0.39 is 5.92 Å². The molecule has 0 bridgehead atoms. The minimum atomic E-state index is -0.454. The normalized spacial score (nSPS) is 26.4. The summed E-state index contributed by atoms with van der Waals surface area (Å²) in [6.45, 7) is 8.76. The summed E-state index contributed by atoms with van der Waals surface area (Å²) in [5, 5.41) is 12.3. The van der Waals surface area contributed by atoms with E-state index in [4.69, 9.17) is 0 Å². The second-order valence-electron chi connectivity index (χ2n) is 10.5. The Bertz CT molecular complexity index is 1350. The number of fused-ring (bicyclic) bond motifs is 2. The van der Waals surface area contributed by atoms with Crippen molar-refractivity contribution in [2.75, 3.05) is 19.0 Å². The largest absolute Gasteiger partial charge is 0.347 e. The quantitative estimate of drug-likeness (QED) is 0.550. The van der Waals surface area contributed by atoms with Crippen LogP contribution in [0.1, 0.15) is 38.8 Å². The number of rotatable bonds is 3. The lowest BCUT2D eigenvalue weighted by molar-refractivity contribution is -0.764. The zero-order valence-electron chi connectivity index (χ0n) is 20.7. The summed E-state index contributed by atoms with van der Waals surface area (Å²) in [7, 11) is 4.16. The summed E-state index contributed by atoms with van der Waals surface area (Å²) >= 11 is 0. The van der Waals surface area contributed by atoms with Gasteiger partial charge in [-0.2, -0.15) is 5.26 Å². The lowest BCUT2D eigenvalue weighted by atomic mass is 9.75. The standard InChI is InChI=1S/C29H30N4O/c1-28(2)20-11-7-9-13-22(20)32(5)24(28)15-18-26(31-17-30)19(27(18)34)16-25-29(3,4)21-12-8-10-14-23(21)33(25)6/h7-16,18,31H,1-6H3/p+1. The van der Waals surface area contributed by atoms with Crippen LogP contribution in [0.2, 0.25) is 0 Å². The summed E-state index contributed by atoms with van der Waals surface area (Å²) in [6.07, 6.45) is 6.10. The zero-order chi connectivity index (χ0) is 24.4. The highest BCUT2D eigenvalue weighted by molar-refractivity contribution is 6.10. The van der Waals surface area contributed by atoms with Crippen molar-refractivity contribution in [3.8, 4) is 6.19 Å². The Morgan fingerprint density at radius 1 is 1.03 bits per heavy atom. The summed E-state index contributed by atoms with van der Waals surface area (Å²) in [5.74, 6) is -0.401. The number of ketones is 1. The van der Waals surface area contributed by atoms with Gasteiger partial charge in [-0.15, -0.1) is 0 Å². The van der Waals surface area contributed by atoms with E-state index in [1.54, 1.807) is 0 Å². The number of benzene rings is 2. The molecule has 1 aliphatic carbocycles. The van der Waals surface area contributed by atoms with E-state index in [1.807, 2.05) is 25.3 Å². The molecule has 0 amide bonds. The van der Waals surface area contributed by atoms with E-state index in [9.17, 15) is 10.1 Å². The van der Waals surface area contributed by atoms with Crippen molar-refractivity contribution in [1.29, 1.82) is 5.26 Å². The van der Waals surface area contributed by atoms with Gasteiger partial charge in [-0.25, -0.2) is 0 Å². The number of quaternary nitrogens is 1. The molecule has 34 heavy (non-hydrogen) atoms. The molecule has 5 heteroatoms. The first-order valence-electron chi connectivity index (χ1n) is 11.8. The molecule has 2 N–H and O–H groups in total. The number of hydrogen-bond acceptors (Lipinski definition) is 4. The van der Waals surface area contributed by atoms with Gasteiger partial charge in [0.05, 0.1) is 24.1 Å². The number of likely N-dealkylation sites (N-methyl/N-ethyl adjacent to an activating group) is 2. The number of nitriles is 1. The summed E-state index contributed by atoms with van der Waals surface area (Å²) < 4.78 is 0. The number of nitrogens with zero attached hydrogens (tertiary/aromatic N) is 2. The molecule has 2 unspecified atom stereocenters. The van der Waals surface area contributed by atoms with E-state index in [0.29, 0.717) is 11.3 Å². The number of carbonyl (C=O) groups is 1.